The Labute approximate surface area is 108 Å². The number of benzene rings is 1. The first-order chi connectivity index (χ1) is 9.09. The molecule has 7 nitrogen and oxygen atoms in total. The number of para-hydroxylation sites is 1. The second-order valence-electron chi connectivity index (χ2n) is 3.70. The SMILES string of the molecule is Nc1cccc(C(=O)Nc2cccnc2)c1[N+](=O)[O-]. The third-order valence-corrected chi connectivity index (χ3v) is 2.41. The van der Waals surface area contributed by atoms with E-state index in [1.807, 2.05) is 0 Å². The van der Waals surface area contributed by atoms with E-state index in [2.05, 4.69) is 10.3 Å². The highest BCUT2D eigenvalue weighted by Gasteiger charge is 2.23. The van der Waals surface area contributed by atoms with Crippen LogP contribution in [-0.2, 0) is 0 Å². The monoisotopic (exact) mass is 258 g/mol. The van der Waals surface area contributed by atoms with Gasteiger partial charge in [-0.15, -0.1) is 0 Å². The van der Waals surface area contributed by atoms with Gasteiger partial charge in [0.25, 0.3) is 5.91 Å². The third kappa shape index (κ3) is 2.65. The normalized spacial score (nSPS) is 9.89. The van der Waals surface area contributed by atoms with Gasteiger partial charge in [0.05, 0.1) is 16.8 Å². The number of carbonyl (C=O) groups is 1. The number of carbonyl (C=O) groups excluding carboxylic acids is 1. The van der Waals surface area contributed by atoms with Gasteiger partial charge in [0, 0.05) is 6.20 Å². The number of rotatable bonds is 3. The van der Waals surface area contributed by atoms with Crippen molar-refractivity contribution in [2.24, 2.45) is 0 Å². The van der Waals surface area contributed by atoms with Crippen molar-refractivity contribution in [3.8, 4) is 0 Å². The summed E-state index contributed by atoms with van der Waals surface area (Å²) in [6.07, 6.45) is 2.99. The van der Waals surface area contributed by atoms with Gasteiger partial charge >= 0.3 is 5.69 Å². The number of aromatic nitrogens is 1. The van der Waals surface area contributed by atoms with Crippen LogP contribution in [0.4, 0.5) is 17.1 Å². The van der Waals surface area contributed by atoms with Crippen LogP contribution in [0.15, 0.2) is 42.7 Å². The van der Waals surface area contributed by atoms with Crippen LogP contribution in [0.25, 0.3) is 0 Å². The van der Waals surface area contributed by atoms with Gasteiger partial charge in [-0.05, 0) is 24.3 Å². The Kier molecular flexibility index (Phi) is 3.37. The summed E-state index contributed by atoms with van der Waals surface area (Å²) in [6.45, 7) is 0. The molecule has 0 aliphatic heterocycles. The van der Waals surface area contributed by atoms with E-state index in [0.717, 1.165) is 0 Å². The molecule has 0 saturated carbocycles. The molecule has 7 heteroatoms. The predicted octanol–water partition coefficient (Wildman–Crippen LogP) is 1.82. The van der Waals surface area contributed by atoms with E-state index in [-0.39, 0.29) is 11.3 Å². The molecule has 0 aliphatic carbocycles. The number of hydrogen-bond acceptors (Lipinski definition) is 5. The van der Waals surface area contributed by atoms with E-state index >= 15 is 0 Å². The molecule has 1 aromatic carbocycles. The van der Waals surface area contributed by atoms with Crippen LogP contribution in [0.5, 0.6) is 0 Å². The molecule has 1 amide bonds. The van der Waals surface area contributed by atoms with Crippen LogP contribution in [0.1, 0.15) is 10.4 Å². The van der Waals surface area contributed by atoms with E-state index in [1.165, 1.54) is 24.4 Å². The standard InChI is InChI=1S/C12H10N4O3/c13-10-5-1-4-9(11(10)16(18)19)12(17)15-8-3-2-6-14-7-8/h1-7H,13H2,(H,15,17). The summed E-state index contributed by atoms with van der Waals surface area (Å²) < 4.78 is 0. The Morgan fingerprint density at radius 3 is 2.74 bits per heavy atom. The van der Waals surface area contributed by atoms with E-state index in [0.29, 0.717) is 5.69 Å². The average molecular weight is 258 g/mol. The summed E-state index contributed by atoms with van der Waals surface area (Å²) in [7, 11) is 0. The summed E-state index contributed by atoms with van der Waals surface area (Å²) in [5.74, 6) is -0.605. The van der Waals surface area contributed by atoms with Crippen molar-refractivity contribution in [3.63, 3.8) is 0 Å². The Balaban J connectivity index is 2.35. The van der Waals surface area contributed by atoms with E-state index < -0.39 is 16.5 Å². The fourth-order valence-electron chi connectivity index (χ4n) is 1.58. The minimum absolute atomic E-state index is 0.0520. The van der Waals surface area contributed by atoms with E-state index in [9.17, 15) is 14.9 Å². The topological polar surface area (TPSA) is 111 Å². The highest BCUT2D eigenvalue weighted by molar-refractivity contribution is 6.08. The smallest absolute Gasteiger partial charge is 0.304 e. The van der Waals surface area contributed by atoms with Crippen molar-refractivity contribution >= 4 is 23.0 Å². The van der Waals surface area contributed by atoms with Crippen LogP contribution in [0.3, 0.4) is 0 Å². The summed E-state index contributed by atoms with van der Waals surface area (Å²) in [6, 6.07) is 7.48. The minimum Gasteiger partial charge on any atom is -0.393 e. The maximum absolute atomic E-state index is 12.0. The number of nitrogen functional groups attached to an aromatic ring is 1. The van der Waals surface area contributed by atoms with Crippen molar-refractivity contribution in [2.75, 3.05) is 11.1 Å². The molecule has 3 N–H and O–H groups in total. The van der Waals surface area contributed by atoms with Gasteiger partial charge in [0.2, 0.25) is 0 Å². The van der Waals surface area contributed by atoms with Gasteiger partial charge < -0.3 is 11.1 Å². The number of nitrogens with two attached hydrogens (primary N) is 1. The quantitative estimate of drug-likeness (QED) is 0.495. The van der Waals surface area contributed by atoms with Gasteiger partial charge in [0.1, 0.15) is 11.3 Å². The lowest BCUT2D eigenvalue weighted by Gasteiger charge is -2.06. The van der Waals surface area contributed by atoms with Crippen LogP contribution < -0.4 is 11.1 Å². The average Bonchev–Trinajstić information content (AvgIpc) is 2.39. The molecular formula is C12H10N4O3. The first-order valence-corrected chi connectivity index (χ1v) is 5.34. The van der Waals surface area contributed by atoms with Crippen molar-refractivity contribution in [3.05, 3.63) is 58.4 Å². The largest absolute Gasteiger partial charge is 0.393 e. The Hall–Kier alpha value is -2.96. The van der Waals surface area contributed by atoms with Crippen molar-refractivity contribution in [1.29, 1.82) is 0 Å². The molecule has 1 aromatic heterocycles. The lowest BCUT2D eigenvalue weighted by Crippen LogP contribution is -2.14. The Morgan fingerprint density at radius 1 is 1.32 bits per heavy atom. The zero-order chi connectivity index (χ0) is 13.8. The summed E-state index contributed by atoms with van der Waals surface area (Å²) in [5, 5.41) is 13.5. The predicted molar refractivity (Wildman–Crippen MR) is 69.7 cm³/mol. The molecule has 0 unspecified atom stereocenters. The fraction of sp³-hybridized carbons (Fsp3) is 0. The summed E-state index contributed by atoms with van der Waals surface area (Å²) in [4.78, 5) is 26.1. The number of nitrogens with zero attached hydrogens (tertiary/aromatic N) is 2. The maximum Gasteiger partial charge on any atom is 0.304 e. The minimum atomic E-state index is -0.673. The molecule has 19 heavy (non-hydrogen) atoms. The second-order valence-corrected chi connectivity index (χ2v) is 3.70. The number of nitro benzene ring substituents is 1. The van der Waals surface area contributed by atoms with Gasteiger partial charge in [-0.1, -0.05) is 6.07 Å². The van der Waals surface area contributed by atoms with Crippen LogP contribution in [0, 0.1) is 10.1 Å². The highest BCUT2D eigenvalue weighted by atomic mass is 16.6. The molecule has 0 atom stereocenters. The summed E-state index contributed by atoms with van der Waals surface area (Å²) in [5.41, 5.74) is 5.43. The number of anilines is 2. The summed E-state index contributed by atoms with van der Waals surface area (Å²) >= 11 is 0. The van der Waals surface area contributed by atoms with Crippen molar-refractivity contribution < 1.29 is 9.72 Å². The number of hydrogen-bond donors (Lipinski definition) is 2. The molecule has 0 bridgehead atoms. The van der Waals surface area contributed by atoms with Crippen LogP contribution in [0.2, 0.25) is 0 Å². The lowest BCUT2D eigenvalue weighted by atomic mass is 10.1. The molecule has 2 rings (SSSR count). The molecular weight excluding hydrogens is 248 g/mol. The first-order valence-electron chi connectivity index (χ1n) is 5.34. The maximum atomic E-state index is 12.0. The van der Waals surface area contributed by atoms with Crippen LogP contribution >= 0.6 is 0 Å². The molecule has 0 fully saturated rings. The molecule has 0 spiro atoms. The van der Waals surface area contributed by atoms with Gasteiger partial charge in [-0.3, -0.25) is 19.9 Å². The zero-order valence-corrected chi connectivity index (χ0v) is 9.74. The van der Waals surface area contributed by atoms with Gasteiger partial charge in [-0.25, -0.2) is 0 Å². The highest BCUT2D eigenvalue weighted by Crippen LogP contribution is 2.26. The molecule has 96 valence electrons. The van der Waals surface area contributed by atoms with Crippen molar-refractivity contribution in [1.82, 2.24) is 4.98 Å². The Morgan fingerprint density at radius 2 is 2.11 bits per heavy atom. The van der Waals surface area contributed by atoms with Gasteiger partial charge in [-0.2, -0.15) is 0 Å². The van der Waals surface area contributed by atoms with E-state index in [1.54, 1.807) is 18.3 Å². The molecule has 1 heterocycles. The van der Waals surface area contributed by atoms with E-state index in [4.69, 9.17) is 5.73 Å². The molecule has 0 aliphatic rings. The molecule has 0 saturated heterocycles. The second kappa shape index (κ2) is 5.13. The Bertz CT molecular complexity index is 628. The molecule has 2 aromatic rings. The zero-order valence-electron chi connectivity index (χ0n) is 9.74. The third-order valence-electron chi connectivity index (χ3n) is 2.41. The lowest BCUT2D eigenvalue weighted by molar-refractivity contribution is -0.384. The number of amides is 1. The van der Waals surface area contributed by atoms with Crippen LogP contribution in [-0.4, -0.2) is 15.8 Å². The number of nitrogens with one attached hydrogen (secondary N) is 1. The first kappa shape index (κ1) is 12.5. The fourth-order valence-corrected chi connectivity index (χ4v) is 1.58. The number of pyridine rings is 1. The molecule has 0 radical (unpaired) electrons. The van der Waals surface area contributed by atoms with Gasteiger partial charge in [0.15, 0.2) is 0 Å². The number of nitro groups is 1. The van der Waals surface area contributed by atoms with Crippen molar-refractivity contribution in [2.45, 2.75) is 0 Å².